The molecule has 35 heavy (non-hydrogen) atoms. The van der Waals surface area contributed by atoms with E-state index in [-0.39, 0.29) is 17.5 Å². The first-order valence-electron chi connectivity index (χ1n) is 12.3. The van der Waals surface area contributed by atoms with Crippen molar-refractivity contribution in [1.82, 2.24) is 10.1 Å². The molecule has 182 valence electrons. The maximum absolute atomic E-state index is 14.8. The third-order valence-electron chi connectivity index (χ3n) is 7.64. The summed E-state index contributed by atoms with van der Waals surface area (Å²) in [7, 11) is 0. The van der Waals surface area contributed by atoms with Crippen LogP contribution < -0.4 is 4.90 Å². The van der Waals surface area contributed by atoms with E-state index >= 15 is 0 Å². The summed E-state index contributed by atoms with van der Waals surface area (Å²) in [4.78, 5) is 17.9. The lowest BCUT2D eigenvalue weighted by atomic mass is 9.98. The summed E-state index contributed by atoms with van der Waals surface area (Å²) < 4.78 is 26.9. The predicted molar refractivity (Wildman–Crippen MR) is 127 cm³/mol. The van der Waals surface area contributed by atoms with Crippen molar-refractivity contribution >= 4 is 11.8 Å². The molecule has 8 heteroatoms. The molecule has 2 aliphatic heterocycles. The molecule has 1 saturated carbocycles. The zero-order valence-corrected chi connectivity index (χ0v) is 19.6. The molecule has 2 unspecified atom stereocenters. The second-order valence-electron chi connectivity index (χ2n) is 9.99. The van der Waals surface area contributed by atoms with Crippen LogP contribution in [-0.2, 0) is 11.3 Å². The van der Waals surface area contributed by atoms with Crippen LogP contribution in [0.5, 0.6) is 0 Å². The number of rotatable bonds is 7. The minimum absolute atomic E-state index is 0.0820. The number of halogens is 1. The molecule has 6 rings (SSSR count). The van der Waals surface area contributed by atoms with Gasteiger partial charge in [0.2, 0.25) is 0 Å². The molecular formula is C27H28FN3O4. The summed E-state index contributed by atoms with van der Waals surface area (Å²) in [6.07, 6.45) is 7.51. The Morgan fingerprint density at radius 2 is 1.94 bits per heavy atom. The van der Waals surface area contributed by atoms with Gasteiger partial charge in [-0.2, -0.15) is 0 Å². The highest BCUT2D eigenvalue weighted by atomic mass is 19.1. The van der Waals surface area contributed by atoms with Crippen molar-refractivity contribution < 1.29 is 23.6 Å². The van der Waals surface area contributed by atoms with E-state index in [0.717, 1.165) is 61.2 Å². The van der Waals surface area contributed by atoms with E-state index in [9.17, 15) is 9.18 Å². The number of pyridine rings is 1. The van der Waals surface area contributed by atoms with Gasteiger partial charge in [0.25, 0.3) is 0 Å². The molecule has 2 aromatic heterocycles. The van der Waals surface area contributed by atoms with Crippen molar-refractivity contribution in [2.45, 2.75) is 76.2 Å². The second kappa shape index (κ2) is 8.75. The Balaban J connectivity index is 1.19. The van der Waals surface area contributed by atoms with Gasteiger partial charge in [-0.1, -0.05) is 17.3 Å². The Labute approximate surface area is 202 Å². The van der Waals surface area contributed by atoms with Gasteiger partial charge >= 0.3 is 5.97 Å². The normalized spacial score (nSPS) is 23.6. The van der Waals surface area contributed by atoms with Crippen LogP contribution in [0.3, 0.4) is 0 Å². The van der Waals surface area contributed by atoms with Gasteiger partial charge in [-0.3, -0.25) is 0 Å². The van der Waals surface area contributed by atoms with Crippen LogP contribution in [0.4, 0.5) is 10.2 Å². The number of carboxylic acids is 1. The summed E-state index contributed by atoms with van der Waals surface area (Å²) in [6.45, 7) is 2.24. The van der Waals surface area contributed by atoms with Crippen LogP contribution in [0.2, 0.25) is 0 Å². The van der Waals surface area contributed by atoms with Crippen molar-refractivity contribution in [2.24, 2.45) is 0 Å². The van der Waals surface area contributed by atoms with Gasteiger partial charge in [-0.15, -0.1) is 0 Å². The number of anilines is 1. The number of hydrogen-bond donors (Lipinski definition) is 1. The van der Waals surface area contributed by atoms with Crippen LogP contribution in [0.15, 0.2) is 41.1 Å². The van der Waals surface area contributed by atoms with Gasteiger partial charge in [0.1, 0.15) is 23.1 Å². The van der Waals surface area contributed by atoms with E-state index in [1.54, 1.807) is 18.2 Å². The first kappa shape index (κ1) is 22.2. The number of aromatic carboxylic acids is 1. The summed E-state index contributed by atoms with van der Waals surface area (Å²) in [6, 6.07) is 9.09. The fourth-order valence-electron chi connectivity index (χ4n) is 5.76. The number of piperidine rings is 1. The molecule has 3 fully saturated rings. The predicted octanol–water partition coefficient (Wildman–Crippen LogP) is 5.48. The van der Waals surface area contributed by atoms with Crippen molar-refractivity contribution in [3.8, 4) is 11.3 Å². The standard InChI is InChI=1S/C27H28FN3O4/c1-15-3-2-4-22(28)24(15)25-21(26(35-30-25)16-5-6-16)14-34-20-11-18-8-9-19(12-20)31(18)23-10-7-17(13-29-23)27(32)33/h2-4,7,10,13,16,18-20H,5-6,8-9,11-12,14H2,1H3,(H,32,33)/t18-,19?,20?/m0/s1. The number of hydrogen-bond acceptors (Lipinski definition) is 6. The maximum Gasteiger partial charge on any atom is 0.337 e. The second-order valence-corrected chi connectivity index (χ2v) is 9.99. The molecule has 1 N–H and O–H groups in total. The highest BCUT2D eigenvalue weighted by Crippen LogP contribution is 2.45. The molecule has 3 atom stereocenters. The van der Waals surface area contributed by atoms with Gasteiger partial charge in [0.15, 0.2) is 0 Å². The maximum atomic E-state index is 14.8. The summed E-state index contributed by atoms with van der Waals surface area (Å²) >= 11 is 0. The molecule has 2 saturated heterocycles. The molecule has 0 amide bonds. The number of ether oxygens (including phenoxy) is 1. The molecule has 0 radical (unpaired) electrons. The lowest BCUT2D eigenvalue weighted by Gasteiger charge is -2.39. The number of nitrogens with zero attached hydrogens (tertiary/aromatic N) is 3. The lowest BCUT2D eigenvalue weighted by molar-refractivity contribution is 0.0146. The number of carbonyl (C=O) groups is 1. The van der Waals surface area contributed by atoms with E-state index in [4.69, 9.17) is 14.4 Å². The van der Waals surface area contributed by atoms with Crippen LogP contribution in [-0.4, -0.2) is 39.4 Å². The summed E-state index contributed by atoms with van der Waals surface area (Å²) in [5, 5.41) is 13.4. The molecule has 1 aromatic carbocycles. The minimum Gasteiger partial charge on any atom is -0.478 e. The van der Waals surface area contributed by atoms with Gasteiger partial charge in [0.05, 0.1) is 18.3 Å². The van der Waals surface area contributed by atoms with Crippen molar-refractivity contribution in [1.29, 1.82) is 0 Å². The van der Waals surface area contributed by atoms with Gasteiger partial charge < -0.3 is 19.3 Å². The monoisotopic (exact) mass is 477 g/mol. The fourth-order valence-corrected chi connectivity index (χ4v) is 5.76. The van der Waals surface area contributed by atoms with E-state index < -0.39 is 5.97 Å². The Hall–Kier alpha value is -3.26. The third kappa shape index (κ3) is 4.10. The molecule has 3 aliphatic rings. The van der Waals surface area contributed by atoms with Gasteiger partial charge in [-0.25, -0.2) is 14.2 Å². The lowest BCUT2D eigenvalue weighted by Crippen LogP contribution is -2.46. The van der Waals surface area contributed by atoms with Crippen molar-refractivity contribution in [3.63, 3.8) is 0 Å². The Morgan fingerprint density at radius 1 is 1.17 bits per heavy atom. The van der Waals surface area contributed by atoms with Crippen LogP contribution in [0, 0.1) is 12.7 Å². The molecule has 0 spiro atoms. The topological polar surface area (TPSA) is 88.7 Å². The van der Waals surface area contributed by atoms with Gasteiger partial charge in [0, 0.05) is 35.3 Å². The Bertz CT molecular complexity index is 1220. The number of fused-ring (bicyclic) bond motifs is 2. The van der Waals surface area contributed by atoms with E-state index in [1.807, 2.05) is 13.0 Å². The SMILES string of the molecule is Cc1cccc(F)c1-c1noc(C2CC2)c1COC1CC2CC[C@@H](C1)N2c1ccc(C(=O)O)cn1. The molecule has 2 bridgehead atoms. The van der Waals surface area contributed by atoms with Crippen LogP contribution in [0.25, 0.3) is 11.3 Å². The van der Waals surface area contributed by atoms with Crippen molar-refractivity contribution in [2.75, 3.05) is 4.90 Å². The molecule has 3 aromatic rings. The number of benzene rings is 1. The number of carboxylic acid groups (broad SMARTS) is 1. The van der Waals surface area contributed by atoms with E-state index in [1.165, 1.54) is 12.3 Å². The Kier molecular flexibility index (Phi) is 5.56. The molecular weight excluding hydrogens is 449 g/mol. The smallest absolute Gasteiger partial charge is 0.337 e. The number of aromatic nitrogens is 2. The molecule has 1 aliphatic carbocycles. The largest absolute Gasteiger partial charge is 0.478 e. The Morgan fingerprint density at radius 3 is 2.57 bits per heavy atom. The van der Waals surface area contributed by atoms with Crippen molar-refractivity contribution in [3.05, 3.63) is 64.8 Å². The third-order valence-corrected chi connectivity index (χ3v) is 7.64. The highest BCUT2D eigenvalue weighted by Gasteiger charge is 2.42. The highest BCUT2D eigenvalue weighted by molar-refractivity contribution is 5.87. The minimum atomic E-state index is -0.969. The zero-order chi connectivity index (χ0) is 24.1. The molecule has 7 nitrogen and oxygen atoms in total. The molecule has 4 heterocycles. The first-order valence-corrected chi connectivity index (χ1v) is 12.3. The number of aryl methyl sites for hydroxylation is 1. The van der Waals surface area contributed by atoms with E-state index in [2.05, 4.69) is 15.0 Å². The first-order chi connectivity index (χ1) is 17.0. The fraction of sp³-hybridized carbons (Fsp3) is 0.444. The average Bonchev–Trinajstić information content (AvgIpc) is 3.55. The quantitative estimate of drug-likeness (QED) is 0.482. The summed E-state index contributed by atoms with van der Waals surface area (Å²) in [5.41, 5.74) is 2.95. The zero-order valence-electron chi connectivity index (χ0n) is 19.6. The van der Waals surface area contributed by atoms with Crippen LogP contribution in [0.1, 0.15) is 71.7 Å². The average molecular weight is 478 g/mol. The van der Waals surface area contributed by atoms with Crippen LogP contribution >= 0.6 is 0 Å². The van der Waals surface area contributed by atoms with E-state index in [0.29, 0.717) is 35.9 Å². The van der Waals surface area contributed by atoms with Gasteiger partial charge in [-0.05, 0) is 69.2 Å². The summed E-state index contributed by atoms with van der Waals surface area (Å²) in [5.74, 6) is 0.747.